The third-order valence-electron chi connectivity index (χ3n) is 4.72. The van der Waals surface area contributed by atoms with Crippen molar-refractivity contribution in [2.24, 2.45) is 0 Å². The summed E-state index contributed by atoms with van der Waals surface area (Å²) in [4.78, 5) is 3.80. The van der Waals surface area contributed by atoms with Gasteiger partial charge >= 0.3 is 6.18 Å². The van der Waals surface area contributed by atoms with Gasteiger partial charge < -0.3 is 5.73 Å². The van der Waals surface area contributed by atoms with Crippen LogP contribution in [0.1, 0.15) is 33.7 Å². The number of alkyl halides is 3. The predicted molar refractivity (Wildman–Crippen MR) is 109 cm³/mol. The largest absolute Gasteiger partial charge is 0.399 e. The molecule has 0 fully saturated rings. The van der Waals surface area contributed by atoms with Gasteiger partial charge in [-0.1, -0.05) is 35.9 Å². The predicted octanol–water partition coefficient (Wildman–Crippen LogP) is 5.35. The van der Waals surface area contributed by atoms with Crippen LogP contribution in [0.3, 0.4) is 0 Å². The van der Waals surface area contributed by atoms with E-state index in [1.807, 2.05) is 6.07 Å². The minimum atomic E-state index is -4.50. The Balaban J connectivity index is 1.98. The highest BCUT2D eigenvalue weighted by molar-refractivity contribution is 6.31. The van der Waals surface area contributed by atoms with Gasteiger partial charge in [-0.15, -0.1) is 5.10 Å². The number of halogens is 4. The SMILES string of the molecule is Cc1cc(C(/C=C/c2ccc(-n3cnc(N)n3)c(C#N)c2)C(F)(F)F)cc(Cl)c1C. The lowest BCUT2D eigenvalue weighted by molar-refractivity contribution is -0.139. The fraction of sp³-hybridized carbons (Fsp3) is 0.190. The van der Waals surface area contributed by atoms with Crippen LogP contribution in [0.5, 0.6) is 0 Å². The standard InChI is InChI=1S/C21H17ClF3N5/c1-12-7-15(9-18(22)13(12)2)17(21(23,24)25)5-3-14-4-6-19(16(8-14)10-26)30-11-28-20(27)29-30/h3-9,11,17H,1-2H3,(H2,27,29)/b5-3+. The Hall–Kier alpha value is -3.31. The second-order valence-electron chi connectivity index (χ2n) is 6.76. The molecule has 9 heteroatoms. The number of hydrogen-bond donors (Lipinski definition) is 1. The zero-order valence-electron chi connectivity index (χ0n) is 16.1. The van der Waals surface area contributed by atoms with E-state index in [1.165, 1.54) is 35.3 Å². The molecule has 0 saturated carbocycles. The average Bonchev–Trinajstić information content (AvgIpc) is 3.11. The summed E-state index contributed by atoms with van der Waals surface area (Å²) in [5.41, 5.74) is 8.06. The summed E-state index contributed by atoms with van der Waals surface area (Å²) in [6.07, 6.45) is -0.756. The molecule has 2 N–H and O–H groups in total. The van der Waals surface area contributed by atoms with E-state index >= 15 is 0 Å². The lowest BCUT2D eigenvalue weighted by atomic mass is 9.94. The first-order chi connectivity index (χ1) is 14.1. The molecular weight excluding hydrogens is 415 g/mol. The van der Waals surface area contributed by atoms with Crippen molar-refractivity contribution in [3.8, 4) is 11.8 Å². The summed E-state index contributed by atoms with van der Waals surface area (Å²) in [6, 6.07) is 9.48. The van der Waals surface area contributed by atoms with E-state index < -0.39 is 12.1 Å². The maximum Gasteiger partial charge on any atom is 0.399 e. The molecule has 1 unspecified atom stereocenters. The van der Waals surface area contributed by atoms with E-state index in [-0.39, 0.29) is 22.1 Å². The number of allylic oxidation sites excluding steroid dienone is 1. The van der Waals surface area contributed by atoms with Crippen molar-refractivity contribution in [1.82, 2.24) is 14.8 Å². The highest BCUT2D eigenvalue weighted by atomic mass is 35.5. The van der Waals surface area contributed by atoms with Gasteiger partial charge in [-0.25, -0.2) is 9.67 Å². The van der Waals surface area contributed by atoms with Gasteiger partial charge in [0.15, 0.2) is 0 Å². The number of nitrogen functional groups attached to an aromatic ring is 1. The first kappa shape index (κ1) is 21.4. The quantitative estimate of drug-likeness (QED) is 0.603. The Morgan fingerprint density at radius 2 is 1.97 bits per heavy atom. The van der Waals surface area contributed by atoms with Crippen molar-refractivity contribution in [1.29, 1.82) is 5.26 Å². The van der Waals surface area contributed by atoms with Crippen LogP contribution in [0.2, 0.25) is 5.02 Å². The smallest absolute Gasteiger partial charge is 0.366 e. The van der Waals surface area contributed by atoms with Gasteiger partial charge in [-0.05, 0) is 54.3 Å². The van der Waals surface area contributed by atoms with Crippen LogP contribution in [-0.4, -0.2) is 20.9 Å². The normalized spacial score (nSPS) is 12.8. The maximum absolute atomic E-state index is 13.7. The fourth-order valence-electron chi connectivity index (χ4n) is 2.98. The minimum absolute atomic E-state index is 0.0444. The maximum atomic E-state index is 13.7. The molecule has 5 nitrogen and oxygen atoms in total. The van der Waals surface area contributed by atoms with E-state index in [2.05, 4.69) is 10.1 Å². The Morgan fingerprint density at radius 3 is 2.53 bits per heavy atom. The number of nitrogens with zero attached hydrogens (tertiary/aromatic N) is 4. The molecular formula is C21H17ClF3N5. The molecule has 0 aliphatic carbocycles. The third-order valence-corrected chi connectivity index (χ3v) is 5.11. The van der Waals surface area contributed by atoms with E-state index in [0.29, 0.717) is 16.8 Å². The number of anilines is 1. The van der Waals surface area contributed by atoms with Crippen LogP contribution in [-0.2, 0) is 0 Å². The molecule has 2 aromatic carbocycles. The molecule has 0 bridgehead atoms. The number of benzene rings is 2. The number of nitriles is 1. The van der Waals surface area contributed by atoms with Gasteiger partial charge in [0.1, 0.15) is 12.4 Å². The highest BCUT2D eigenvalue weighted by Gasteiger charge is 2.39. The number of aromatic nitrogens is 3. The number of nitrogens with two attached hydrogens (primary N) is 1. The van der Waals surface area contributed by atoms with E-state index in [9.17, 15) is 18.4 Å². The third kappa shape index (κ3) is 4.47. The van der Waals surface area contributed by atoms with Crippen molar-refractivity contribution in [2.45, 2.75) is 25.9 Å². The summed E-state index contributed by atoms with van der Waals surface area (Å²) in [7, 11) is 0. The van der Waals surface area contributed by atoms with Crippen molar-refractivity contribution in [2.75, 3.05) is 5.73 Å². The van der Waals surface area contributed by atoms with Crippen molar-refractivity contribution < 1.29 is 13.2 Å². The van der Waals surface area contributed by atoms with E-state index in [4.69, 9.17) is 17.3 Å². The van der Waals surface area contributed by atoms with Crippen molar-refractivity contribution in [3.05, 3.63) is 75.6 Å². The molecule has 0 radical (unpaired) electrons. The zero-order valence-corrected chi connectivity index (χ0v) is 16.8. The lowest BCUT2D eigenvalue weighted by Crippen LogP contribution is -2.19. The molecule has 0 aliphatic heterocycles. The van der Waals surface area contributed by atoms with Crippen LogP contribution in [0, 0.1) is 25.2 Å². The second kappa shape index (κ2) is 8.20. The summed E-state index contributed by atoms with van der Waals surface area (Å²) < 4.78 is 42.5. The Labute approximate surface area is 176 Å². The number of aryl methyl sites for hydroxylation is 1. The topological polar surface area (TPSA) is 80.5 Å². The molecule has 30 heavy (non-hydrogen) atoms. The molecule has 1 aromatic heterocycles. The van der Waals surface area contributed by atoms with E-state index in [1.54, 1.807) is 26.0 Å². The molecule has 3 rings (SSSR count). The van der Waals surface area contributed by atoms with Crippen LogP contribution >= 0.6 is 11.6 Å². The van der Waals surface area contributed by atoms with Crippen molar-refractivity contribution in [3.63, 3.8) is 0 Å². The van der Waals surface area contributed by atoms with Crippen LogP contribution < -0.4 is 5.73 Å². The number of rotatable bonds is 4. The monoisotopic (exact) mass is 431 g/mol. The second-order valence-corrected chi connectivity index (χ2v) is 7.17. The molecule has 1 heterocycles. The fourth-order valence-corrected chi connectivity index (χ4v) is 3.25. The highest BCUT2D eigenvalue weighted by Crippen LogP contribution is 2.38. The molecule has 0 spiro atoms. The van der Waals surface area contributed by atoms with Gasteiger partial charge in [-0.3, -0.25) is 0 Å². The Kier molecular flexibility index (Phi) is 5.85. The van der Waals surface area contributed by atoms with Gasteiger partial charge in [-0.2, -0.15) is 18.4 Å². The van der Waals surface area contributed by atoms with Gasteiger partial charge in [0.05, 0.1) is 17.2 Å². The zero-order chi connectivity index (χ0) is 22.1. The molecule has 3 aromatic rings. The van der Waals surface area contributed by atoms with Crippen LogP contribution in [0.15, 0.2) is 42.7 Å². The number of hydrogen-bond acceptors (Lipinski definition) is 4. The summed E-state index contributed by atoms with van der Waals surface area (Å²) in [5, 5.41) is 13.7. The van der Waals surface area contributed by atoms with Gasteiger partial charge in [0.2, 0.25) is 5.95 Å². The lowest BCUT2D eigenvalue weighted by Gasteiger charge is -2.19. The average molecular weight is 432 g/mol. The van der Waals surface area contributed by atoms with Crippen molar-refractivity contribution >= 4 is 23.6 Å². The van der Waals surface area contributed by atoms with Crippen LogP contribution in [0.4, 0.5) is 19.1 Å². The van der Waals surface area contributed by atoms with Gasteiger partial charge in [0.25, 0.3) is 0 Å². The molecule has 154 valence electrons. The summed E-state index contributed by atoms with van der Waals surface area (Å²) in [5.74, 6) is -1.79. The summed E-state index contributed by atoms with van der Waals surface area (Å²) in [6.45, 7) is 3.48. The molecule has 0 saturated heterocycles. The Bertz CT molecular complexity index is 1140. The van der Waals surface area contributed by atoms with Gasteiger partial charge in [0, 0.05) is 5.02 Å². The first-order valence-corrected chi connectivity index (χ1v) is 9.21. The molecule has 1 atom stereocenters. The van der Waals surface area contributed by atoms with Crippen LogP contribution in [0.25, 0.3) is 11.8 Å². The Morgan fingerprint density at radius 1 is 1.23 bits per heavy atom. The molecule has 0 amide bonds. The first-order valence-electron chi connectivity index (χ1n) is 8.83. The minimum Gasteiger partial charge on any atom is -0.366 e. The molecule has 0 aliphatic rings. The summed E-state index contributed by atoms with van der Waals surface area (Å²) >= 11 is 6.10. The van der Waals surface area contributed by atoms with E-state index in [0.717, 1.165) is 11.6 Å².